The van der Waals surface area contributed by atoms with Crippen molar-refractivity contribution in [3.05, 3.63) is 70.9 Å². The Bertz CT molecular complexity index is 867. The SMILES string of the molecule is Cc1ccc(Cl)cc1Nc1cnnc(N(Cc2ccccc2)C(C)C)n1. The summed E-state index contributed by atoms with van der Waals surface area (Å²) in [5.41, 5.74) is 3.19. The Morgan fingerprint density at radius 1 is 1.12 bits per heavy atom. The molecule has 5 nitrogen and oxygen atoms in total. The van der Waals surface area contributed by atoms with Crippen LogP contribution in [0.2, 0.25) is 5.02 Å². The molecule has 0 aliphatic heterocycles. The lowest BCUT2D eigenvalue weighted by Crippen LogP contribution is -2.32. The Morgan fingerprint density at radius 2 is 1.88 bits per heavy atom. The molecule has 2 aromatic carbocycles. The fraction of sp³-hybridized carbons (Fsp3) is 0.250. The summed E-state index contributed by atoms with van der Waals surface area (Å²) in [5, 5.41) is 12.3. The largest absolute Gasteiger partial charge is 0.339 e. The molecule has 6 heteroatoms. The normalized spacial score (nSPS) is 10.8. The van der Waals surface area contributed by atoms with Gasteiger partial charge < -0.3 is 10.2 Å². The van der Waals surface area contributed by atoms with Crippen LogP contribution in [0.3, 0.4) is 0 Å². The molecule has 1 aromatic heterocycles. The van der Waals surface area contributed by atoms with Crippen LogP contribution in [0.1, 0.15) is 25.0 Å². The lowest BCUT2D eigenvalue weighted by Gasteiger charge is -2.26. The third kappa shape index (κ3) is 4.49. The summed E-state index contributed by atoms with van der Waals surface area (Å²) in [6, 6.07) is 16.2. The zero-order chi connectivity index (χ0) is 18.5. The Kier molecular flexibility index (Phi) is 5.68. The summed E-state index contributed by atoms with van der Waals surface area (Å²) in [5.74, 6) is 1.23. The van der Waals surface area contributed by atoms with E-state index < -0.39 is 0 Å². The smallest absolute Gasteiger partial charge is 0.247 e. The zero-order valence-corrected chi connectivity index (χ0v) is 15.9. The molecular formula is C20H22ClN5. The van der Waals surface area contributed by atoms with E-state index in [2.05, 4.69) is 51.4 Å². The van der Waals surface area contributed by atoms with E-state index in [1.807, 2.05) is 43.3 Å². The third-order valence-corrected chi connectivity index (χ3v) is 4.32. The minimum absolute atomic E-state index is 0.236. The standard InChI is InChI=1S/C20H22ClN5/c1-14(2)26(13-16-7-5-4-6-8-16)20-24-19(12-22-25-20)23-18-11-17(21)10-9-15(18)3/h4-12,14H,13H2,1-3H3,(H,23,24,25). The molecule has 0 saturated heterocycles. The van der Waals surface area contributed by atoms with Crippen molar-refractivity contribution in [1.82, 2.24) is 15.2 Å². The van der Waals surface area contributed by atoms with Gasteiger partial charge in [0.05, 0.1) is 6.20 Å². The number of aryl methyl sites for hydroxylation is 1. The van der Waals surface area contributed by atoms with Crippen LogP contribution in [0, 0.1) is 6.92 Å². The quantitative estimate of drug-likeness (QED) is 0.665. The van der Waals surface area contributed by atoms with Crippen LogP contribution in [0.25, 0.3) is 0 Å². The molecule has 0 spiro atoms. The van der Waals surface area contributed by atoms with Crippen molar-refractivity contribution >= 4 is 29.1 Å². The maximum Gasteiger partial charge on any atom is 0.247 e. The van der Waals surface area contributed by atoms with Crippen LogP contribution in [-0.4, -0.2) is 21.2 Å². The molecule has 0 fully saturated rings. The molecule has 1 N–H and O–H groups in total. The highest BCUT2D eigenvalue weighted by atomic mass is 35.5. The van der Waals surface area contributed by atoms with Crippen molar-refractivity contribution in [3.8, 4) is 0 Å². The van der Waals surface area contributed by atoms with Crippen LogP contribution >= 0.6 is 11.6 Å². The molecule has 0 saturated carbocycles. The van der Waals surface area contributed by atoms with Gasteiger partial charge in [0.25, 0.3) is 0 Å². The first-order chi connectivity index (χ1) is 12.5. The van der Waals surface area contributed by atoms with E-state index >= 15 is 0 Å². The molecule has 0 aliphatic rings. The Balaban J connectivity index is 1.85. The van der Waals surface area contributed by atoms with Crippen molar-refractivity contribution in [1.29, 1.82) is 0 Å². The van der Waals surface area contributed by atoms with Gasteiger partial charge in [-0.15, -0.1) is 5.10 Å². The van der Waals surface area contributed by atoms with Gasteiger partial charge in [0.15, 0.2) is 5.82 Å². The molecule has 0 atom stereocenters. The van der Waals surface area contributed by atoms with Gasteiger partial charge in [0.1, 0.15) is 0 Å². The average Bonchev–Trinajstić information content (AvgIpc) is 2.63. The highest BCUT2D eigenvalue weighted by Crippen LogP contribution is 2.24. The van der Waals surface area contributed by atoms with E-state index in [-0.39, 0.29) is 6.04 Å². The van der Waals surface area contributed by atoms with Crippen molar-refractivity contribution in [2.24, 2.45) is 0 Å². The molecule has 0 unspecified atom stereocenters. The minimum Gasteiger partial charge on any atom is -0.339 e. The summed E-state index contributed by atoms with van der Waals surface area (Å²) < 4.78 is 0. The van der Waals surface area contributed by atoms with Gasteiger partial charge in [-0.2, -0.15) is 10.1 Å². The Labute approximate surface area is 159 Å². The van der Waals surface area contributed by atoms with Crippen LogP contribution in [0.4, 0.5) is 17.5 Å². The molecule has 3 rings (SSSR count). The second-order valence-corrected chi connectivity index (χ2v) is 6.87. The summed E-state index contributed by atoms with van der Waals surface area (Å²) in [4.78, 5) is 6.78. The topological polar surface area (TPSA) is 53.9 Å². The second kappa shape index (κ2) is 8.15. The zero-order valence-electron chi connectivity index (χ0n) is 15.1. The van der Waals surface area contributed by atoms with Crippen LogP contribution in [0.15, 0.2) is 54.7 Å². The number of anilines is 3. The first-order valence-corrected chi connectivity index (χ1v) is 8.94. The van der Waals surface area contributed by atoms with Crippen molar-refractivity contribution in [2.45, 2.75) is 33.4 Å². The van der Waals surface area contributed by atoms with E-state index in [1.165, 1.54) is 5.56 Å². The number of aromatic nitrogens is 3. The Hall–Kier alpha value is -2.66. The van der Waals surface area contributed by atoms with E-state index in [4.69, 9.17) is 11.6 Å². The first-order valence-electron chi connectivity index (χ1n) is 8.56. The lowest BCUT2D eigenvalue weighted by atomic mass is 10.2. The monoisotopic (exact) mass is 367 g/mol. The maximum atomic E-state index is 6.10. The van der Waals surface area contributed by atoms with E-state index in [1.54, 1.807) is 6.20 Å². The molecule has 0 amide bonds. The average molecular weight is 368 g/mol. The maximum absolute atomic E-state index is 6.10. The van der Waals surface area contributed by atoms with Gasteiger partial charge in [-0.05, 0) is 44.0 Å². The molecule has 1 heterocycles. The fourth-order valence-electron chi connectivity index (χ4n) is 2.61. The first kappa shape index (κ1) is 18.1. The van der Waals surface area contributed by atoms with E-state index in [0.29, 0.717) is 16.8 Å². The minimum atomic E-state index is 0.236. The number of nitrogens with zero attached hydrogens (tertiary/aromatic N) is 4. The third-order valence-electron chi connectivity index (χ3n) is 4.09. The highest BCUT2D eigenvalue weighted by Gasteiger charge is 2.15. The van der Waals surface area contributed by atoms with E-state index in [0.717, 1.165) is 17.8 Å². The fourth-order valence-corrected chi connectivity index (χ4v) is 2.78. The molecule has 0 aliphatic carbocycles. The number of halogens is 1. The summed E-state index contributed by atoms with van der Waals surface area (Å²) in [6.45, 7) is 6.98. The van der Waals surface area contributed by atoms with Gasteiger partial charge in [-0.25, -0.2) is 0 Å². The lowest BCUT2D eigenvalue weighted by molar-refractivity contribution is 0.653. The number of hydrogen-bond acceptors (Lipinski definition) is 5. The van der Waals surface area contributed by atoms with Crippen LogP contribution in [0.5, 0.6) is 0 Å². The number of hydrogen-bond donors (Lipinski definition) is 1. The molecule has 134 valence electrons. The van der Waals surface area contributed by atoms with Gasteiger partial charge >= 0.3 is 0 Å². The predicted octanol–water partition coefficient (Wildman–Crippen LogP) is 4.99. The van der Waals surface area contributed by atoms with Crippen molar-refractivity contribution in [3.63, 3.8) is 0 Å². The highest BCUT2D eigenvalue weighted by molar-refractivity contribution is 6.30. The summed E-state index contributed by atoms with van der Waals surface area (Å²) in [6.07, 6.45) is 1.62. The van der Waals surface area contributed by atoms with Crippen molar-refractivity contribution < 1.29 is 0 Å². The summed E-state index contributed by atoms with van der Waals surface area (Å²) in [7, 11) is 0. The van der Waals surface area contributed by atoms with Gasteiger partial charge in [0, 0.05) is 23.3 Å². The van der Waals surface area contributed by atoms with Crippen LogP contribution < -0.4 is 10.2 Å². The second-order valence-electron chi connectivity index (χ2n) is 6.43. The van der Waals surface area contributed by atoms with Gasteiger partial charge in [0.2, 0.25) is 5.95 Å². The van der Waals surface area contributed by atoms with Crippen LogP contribution in [-0.2, 0) is 6.54 Å². The molecule has 0 radical (unpaired) electrons. The van der Waals surface area contributed by atoms with E-state index in [9.17, 15) is 0 Å². The predicted molar refractivity (Wildman–Crippen MR) is 107 cm³/mol. The van der Waals surface area contributed by atoms with Gasteiger partial charge in [-0.1, -0.05) is 48.0 Å². The molecule has 0 bridgehead atoms. The number of rotatable bonds is 6. The van der Waals surface area contributed by atoms with Gasteiger partial charge in [-0.3, -0.25) is 0 Å². The van der Waals surface area contributed by atoms with Crippen molar-refractivity contribution in [2.75, 3.05) is 10.2 Å². The number of nitrogens with one attached hydrogen (secondary N) is 1. The number of benzene rings is 2. The summed E-state index contributed by atoms with van der Waals surface area (Å²) >= 11 is 6.10. The Morgan fingerprint density at radius 3 is 2.62 bits per heavy atom. The molecule has 26 heavy (non-hydrogen) atoms. The molecule has 3 aromatic rings. The molecular weight excluding hydrogens is 346 g/mol.